The number of hydrogen-bond acceptors (Lipinski definition) is 3. The second-order valence-corrected chi connectivity index (χ2v) is 8.98. The number of fused-ring (bicyclic) bond motifs is 3. The molecule has 146 valence electrons. The lowest BCUT2D eigenvalue weighted by Crippen LogP contribution is -2.22. The third-order valence-corrected chi connectivity index (χ3v) is 7.23. The number of hydrogen-bond donors (Lipinski definition) is 2. The molecule has 6 rings (SSSR count). The Labute approximate surface area is 180 Å². The molecule has 1 aromatic heterocycles. The first-order chi connectivity index (χ1) is 14.9. The van der Waals surface area contributed by atoms with Crippen LogP contribution in [0.4, 0.5) is 0 Å². The molecule has 2 N–H and O–H groups in total. The summed E-state index contributed by atoms with van der Waals surface area (Å²) in [5, 5.41) is 10.4. The van der Waals surface area contributed by atoms with E-state index in [4.69, 9.17) is 0 Å². The lowest BCUT2D eigenvalue weighted by atomic mass is 9.95. The maximum Gasteiger partial charge on any atom is 0.0846 e. The van der Waals surface area contributed by atoms with Crippen LogP contribution in [-0.2, 0) is 0 Å². The SMILES string of the molecule is c1ccc(C2NC(c3ccc4sc5ccccc5c4c3)NC2c2ccccc2)cc1. The Morgan fingerprint density at radius 3 is 1.73 bits per heavy atom. The standard InChI is InChI=1S/C27H22N2S/c1-3-9-18(10-4-1)25-26(19-11-5-2-6-12-19)29-27(28-25)20-15-16-24-22(17-20)21-13-7-8-14-23(21)30-24/h1-17,25-29H. The van der Waals surface area contributed by atoms with Gasteiger partial charge >= 0.3 is 0 Å². The molecule has 2 heterocycles. The van der Waals surface area contributed by atoms with E-state index < -0.39 is 0 Å². The average Bonchev–Trinajstić information content (AvgIpc) is 3.42. The van der Waals surface area contributed by atoms with E-state index in [1.54, 1.807) is 0 Å². The van der Waals surface area contributed by atoms with Gasteiger partial charge in [-0.05, 0) is 34.9 Å². The van der Waals surface area contributed by atoms with Crippen molar-refractivity contribution >= 4 is 31.5 Å². The molecule has 1 aliphatic heterocycles. The lowest BCUT2D eigenvalue weighted by Gasteiger charge is -2.19. The average molecular weight is 407 g/mol. The summed E-state index contributed by atoms with van der Waals surface area (Å²) in [6.45, 7) is 0. The highest BCUT2D eigenvalue weighted by Crippen LogP contribution is 2.40. The minimum absolute atomic E-state index is 0.100. The Morgan fingerprint density at radius 2 is 1.07 bits per heavy atom. The fraction of sp³-hybridized carbons (Fsp3) is 0.111. The number of benzene rings is 4. The van der Waals surface area contributed by atoms with Crippen LogP contribution in [0.15, 0.2) is 103 Å². The van der Waals surface area contributed by atoms with Crippen molar-refractivity contribution in [2.24, 2.45) is 0 Å². The van der Waals surface area contributed by atoms with E-state index >= 15 is 0 Å². The summed E-state index contributed by atoms with van der Waals surface area (Å²) in [5.41, 5.74) is 3.90. The van der Waals surface area contributed by atoms with Crippen molar-refractivity contribution in [3.8, 4) is 0 Å². The van der Waals surface area contributed by atoms with Gasteiger partial charge in [-0.15, -0.1) is 11.3 Å². The van der Waals surface area contributed by atoms with Crippen molar-refractivity contribution in [2.45, 2.75) is 18.2 Å². The maximum absolute atomic E-state index is 3.87. The molecule has 0 aliphatic carbocycles. The van der Waals surface area contributed by atoms with Gasteiger partial charge in [0.05, 0.1) is 18.2 Å². The first kappa shape index (κ1) is 17.8. The number of rotatable bonds is 3. The van der Waals surface area contributed by atoms with Gasteiger partial charge in [0.25, 0.3) is 0 Å². The van der Waals surface area contributed by atoms with Gasteiger partial charge in [-0.2, -0.15) is 0 Å². The molecule has 1 fully saturated rings. The molecule has 3 heteroatoms. The van der Waals surface area contributed by atoms with Gasteiger partial charge in [-0.25, -0.2) is 0 Å². The highest BCUT2D eigenvalue weighted by Gasteiger charge is 2.35. The largest absolute Gasteiger partial charge is 0.289 e. The Balaban J connectivity index is 1.42. The van der Waals surface area contributed by atoms with Crippen molar-refractivity contribution in [1.29, 1.82) is 0 Å². The Kier molecular flexibility index (Phi) is 4.38. The molecular formula is C27H22N2S. The normalized spacial score (nSPS) is 21.4. The Morgan fingerprint density at radius 1 is 0.500 bits per heavy atom. The third-order valence-electron chi connectivity index (χ3n) is 6.08. The first-order valence-electron chi connectivity index (χ1n) is 10.4. The van der Waals surface area contributed by atoms with Gasteiger partial charge in [0.1, 0.15) is 0 Å². The van der Waals surface area contributed by atoms with Crippen molar-refractivity contribution < 1.29 is 0 Å². The third kappa shape index (κ3) is 3.03. The van der Waals surface area contributed by atoms with E-state index in [1.807, 2.05) is 11.3 Å². The molecule has 0 radical (unpaired) electrons. The summed E-state index contributed by atoms with van der Waals surface area (Å²) < 4.78 is 2.69. The van der Waals surface area contributed by atoms with Crippen molar-refractivity contribution in [2.75, 3.05) is 0 Å². The molecule has 1 aliphatic rings. The maximum atomic E-state index is 3.87. The zero-order chi connectivity index (χ0) is 19.9. The highest BCUT2D eigenvalue weighted by molar-refractivity contribution is 7.25. The molecule has 1 saturated heterocycles. The first-order valence-corrected chi connectivity index (χ1v) is 11.2. The molecule has 2 nitrogen and oxygen atoms in total. The van der Waals surface area contributed by atoms with E-state index in [2.05, 4.69) is 114 Å². The van der Waals surface area contributed by atoms with Crippen LogP contribution >= 0.6 is 11.3 Å². The van der Waals surface area contributed by atoms with Crippen LogP contribution in [0.2, 0.25) is 0 Å². The van der Waals surface area contributed by atoms with Gasteiger partial charge in [-0.1, -0.05) is 84.9 Å². The Bertz CT molecular complexity index is 1260. The summed E-state index contributed by atoms with van der Waals surface area (Å²) in [7, 11) is 0. The van der Waals surface area contributed by atoms with Crippen LogP contribution in [0.25, 0.3) is 20.2 Å². The minimum atomic E-state index is 0.100. The topological polar surface area (TPSA) is 24.1 Å². The van der Waals surface area contributed by atoms with Gasteiger partial charge < -0.3 is 0 Å². The molecule has 5 aromatic rings. The molecule has 0 bridgehead atoms. The summed E-state index contributed by atoms with van der Waals surface area (Å²) >= 11 is 1.87. The zero-order valence-electron chi connectivity index (χ0n) is 16.5. The minimum Gasteiger partial charge on any atom is -0.289 e. The number of thiophene rings is 1. The van der Waals surface area contributed by atoms with Crippen molar-refractivity contribution in [1.82, 2.24) is 10.6 Å². The second kappa shape index (κ2) is 7.37. The molecular weight excluding hydrogens is 384 g/mol. The van der Waals surface area contributed by atoms with E-state index in [0.717, 1.165) is 0 Å². The van der Waals surface area contributed by atoms with Crippen molar-refractivity contribution in [3.05, 3.63) is 120 Å². The Hall–Kier alpha value is -2.98. The van der Waals surface area contributed by atoms with Crippen molar-refractivity contribution in [3.63, 3.8) is 0 Å². The van der Waals surface area contributed by atoms with Crippen LogP contribution < -0.4 is 10.6 Å². The zero-order valence-corrected chi connectivity index (χ0v) is 17.3. The molecule has 0 saturated carbocycles. The van der Waals surface area contributed by atoms with Crippen LogP contribution in [-0.4, -0.2) is 0 Å². The fourth-order valence-corrected chi connectivity index (χ4v) is 5.70. The smallest absolute Gasteiger partial charge is 0.0846 e. The summed E-state index contributed by atoms with van der Waals surface area (Å²) in [6, 6.07) is 37.5. The van der Waals surface area contributed by atoms with E-state index in [9.17, 15) is 0 Å². The predicted octanol–water partition coefficient (Wildman–Crippen LogP) is 6.73. The molecule has 4 aromatic carbocycles. The fourth-order valence-electron chi connectivity index (χ4n) is 4.61. The summed E-state index contributed by atoms with van der Waals surface area (Å²) in [5.74, 6) is 0. The quantitative estimate of drug-likeness (QED) is 0.347. The highest BCUT2D eigenvalue weighted by atomic mass is 32.1. The van der Waals surface area contributed by atoms with Crippen LogP contribution in [0, 0.1) is 0 Å². The summed E-state index contributed by atoms with van der Waals surface area (Å²) in [6.07, 6.45) is 0.100. The second-order valence-electron chi connectivity index (χ2n) is 7.90. The summed E-state index contributed by atoms with van der Waals surface area (Å²) in [4.78, 5) is 0. The predicted molar refractivity (Wildman–Crippen MR) is 127 cm³/mol. The number of nitrogens with one attached hydrogen (secondary N) is 2. The molecule has 2 unspecified atom stereocenters. The molecule has 0 spiro atoms. The van der Waals surface area contributed by atoms with Gasteiger partial charge in [0, 0.05) is 20.2 Å². The van der Waals surface area contributed by atoms with Gasteiger partial charge in [0.2, 0.25) is 0 Å². The molecule has 2 atom stereocenters. The van der Waals surface area contributed by atoms with Crippen LogP contribution in [0.3, 0.4) is 0 Å². The van der Waals surface area contributed by atoms with Crippen LogP contribution in [0.5, 0.6) is 0 Å². The van der Waals surface area contributed by atoms with Crippen LogP contribution in [0.1, 0.15) is 34.9 Å². The molecule has 0 amide bonds. The van der Waals surface area contributed by atoms with E-state index in [-0.39, 0.29) is 18.2 Å². The molecule has 30 heavy (non-hydrogen) atoms. The lowest BCUT2D eigenvalue weighted by molar-refractivity contribution is 0.554. The van der Waals surface area contributed by atoms with Gasteiger partial charge in [-0.3, -0.25) is 10.6 Å². The van der Waals surface area contributed by atoms with Gasteiger partial charge in [0.15, 0.2) is 0 Å². The monoisotopic (exact) mass is 406 g/mol. The van der Waals surface area contributed by atoms with E-state index in [1.165, 1.54) is 36.9 Å². The van der Waals surface area contributed by atoms with E-state index in [0.29, 0.717) is 0 Å².